The number of hydrazine groups is 1. The summed E-state index contributed by atoms with van der Waals surface area (Å²) in [6.45, 7) is 0.815. The Morgan fingerprint density at radius 3 is 2.57 bits per heavy atom. The van der Waals surface area contributed by atoms with E-state index in [0.717, 1.165) is 17.7 Å². The van der Waals surface area contributed by atoms with E-state index >= 15 is 0 Å². The SMILES string of the molecule is O=C(NNc1cccc(C(F)(F)F)c1)[C@H]1CC(=O)N(CCc2ccccc2)C1. The summed E-state index contributed by atoms with van der Waals surface area (Å²) in [7, 11) is 0. The van der Waals surface area contributed by atoms with Crippen LogP contribution in [0.4, 0.5) is 18.9 Å². The van der Waals surface area contributed by atoms with Crippen molar-refractivity contribution >= 4 is 17.5 Å². The minimum absolute atomic E-state index is 0.0882. The molecule has 2 N–H and O–H groups in total. The number of amides is 2. The Labute approximate surface area is 160 Å². The Kier molecular flexibility index (Phi) is 5.87. The van der Waals surface area contributed by atoms with E-state index in [9.17, 15) is 22.8 Å². The van der Waals surface area contributed by atoms with E-state index in [1.54, 1.807) is 4.90 Å². The van der Waals surface area contributed by atoms with Crippen molar-refractivity contribution in [3.05, 3.63) is 65.7 Å². The summed E-state index contributed by atoms with van der Waals surface area (Å²) in [5.41, 5.74) is 5.31. The van der Waals surface area contributed by atoms with Gasteiger partial charge in [0.25, 0.3) is 0 Å². The fourth-order valence-corrected chi connectivity index (χ4v) is 3.08. The molecule has 3 rings (SSSR count). The van der Waals surface area contributed by atoms with E-state index in [4.69, 9.17) is 0 Å². The fourth-order valence-electron chi connectivity index (χ4n) is 3.08. The minimum atomic E-state index is -4.46. The quantitative estimate of drug-likeness (QED) is 0.744. The summed E-state index contributed by atoms with van der Waals surface area (Å²) in [4.78, 5) is 26.1. The number of halogens is 3. The Bertz CT molecular complexity index is 840. The maximum Gasteiger partial charge on any atom is 0.416 e. The van der Waals surface area contributed by atoms with Gasteiger partial charge in [0.05, 0.1) is 17.2 Å². The normalized spacial score (nSPS) is 16.9. The average molecular weight is 391 g/mol. The number of likely N-dealkylation sites (tertiary alicyclic amines) is 1. The summed E-state index contributed by atoms with van der Waals surface area (Å²) in [5, 5.41) is 0. The number of anilines is 1. The smallest absolute Gasteiger partial charge is 0.342 e. The molecule has 28 heavy (non-hydrogen) atoms. The van der Waals surface area contributed by atoms with E-state index in [1.807, 2.05) is 30.3 Å². The fraction of sp³-hybridized carbons (Fsp3) is 0.300. The van der Waals surface area contributed by atoms with Gasteiger partial charge < -0.3 is 4.90 Å². The maximum atomic E-state index is 12.7. The second-order valence-corrected chi connectivity index (χ2v) is 6.67. The summed E-state index contributed by atoms with van der Waals surface area (Å²) in [6, 6.07) is 14.3. The zero-order valence-corrected chi connectivity index (χ0v) is 15.0. The molecule has 0 spiro atoms. The van der Waals surface area contributed by atoms with Gasteiger partial charge in [0.1, 0.15) is 0 Å². The standard InChI is InChI=1S/C20H20F3N3O2/c21-20(22,23)16-7-4-8-17(12-16)24-25-19(28)15-11-18(27)26(13-15)10-9-14-5-2-1-3-6-14/h1-8,12,15,24H,9-11,13H2,(H,25,28)/t15-/m0/s1. The van der Waals surface area contributed by atoms with E-state index in [2.05, 4.69) is 10.9 Å². The van der Waals surface area contributed by atoms with Gasteiger partial charge in [-0.15, -0.1) is 0 Å². The van der Waals surface area contributed by atoms with Crippen molar-refractivity contribution in [3.63, 3.8) is 0 Å². The molecule has 1 atom stereocenters. The van der Waals surface area contributed by atoms with Crippen LogP contribution in [0, 0.1) is 5.92 Å². The van der Waals surface area contributed by atoms with E-state index < -0.39 is 23.6 Å². The molecule has 0 radical (unpaired) electrons. The number of rotatable bonds is 6. The number of nitrogens with one attached hydrogen (secondary N) is 2. The lowest BCUT2D eigenvalue weighted by Gasteiger charge is -2.17. The first-order chi connectivity index (χ1) is 13.3. The molecule has 5 nitrogen and oxygen atoms in total. The molecule has 148 valence electrons. The molecule has 0 aromatic heterocycles. The molecule has 1 saturated heterocycles. The lowest BCUT2D eigenvalue weighted by molar-refractivity contribution is -0.137. The molecule has 1 aliphatic rings. The molecule has 2 aromatic rings. The highest BCUT2D eigenvalue weighted by Gasteiger charge is 2.34. The Morgan fingerprint density at radius 1 is 1.11 bits per heavy atom. The molecular weight excluding hydrogens is 371 g/mol. The highest BCUT2D eigenvalue weighted by Crippen LogP contribution is 2.30. The third-order valence-corrected chi connectivity index (χ3v) is 4.62. The van der Waals surface area contributed by atoms with Crippen LogP contribution in [0.1, 0.15) is 17.5 Å². The van der Waals surface area contributed by atoms with Crippen molar-refractivity contribution in [2.45, 2.75) is 19.0 Å². The number of hydrogen-bond acceptors (Lipinski definition) is 3. The molecule has 0 aliphatic carbocycles. The number of nitrogens with zero attached hydrogens (tertiary/aromatic N) is 1. The van der Waals surface area contributed by atoms with Crippen LogP contribution in [0.3, 0.4) is 0 Å². The van der Waals surface area contributed by atoms with Crippen LogP contribution in [0.25, 0.3) is 0 Å². The zero-order valence-electron chi connectivity index (χ0n) is 15.0. The Hall–Kier alpha value is -3.03. The molecular formula is C20H20F3N3O2. The molecule has 8 heteroatoms. The predicted molar refractivity (Wildman–Crippen MR) is 98.0 cm³/mol. The van der Waals surface area contributed by atoms with E-state index in [1.165, 1.54) is 12.1 Å². The number of hydrogen-bond donors (Lipinski definition) is 2. The molecule has 2 aromatic carbocycles. The lowest BCUT2D eigenvalue weighted by Crippen LogP contribution is -2.36. The Balaban J connectivity index is 1.51. The lowest BCUT2D eigenvalue weighted by atomic mass is 10.1. The van der Waals surface area contributed by atoms with Gasteiger partial charge >= 0.3 is 6.18 Å². The van der Waals surface area contributed by atoms with Crippen LogP contribution in [0.2, 0.25) is 0 Å². The van der Waals surface area contributed by atoms with Crippen molar-refractivity contribution < 1.29 is 22.8 Å². The van der Waals surface area contributed by atoms with Gasteiger partial charge in [-0.2, -0.15) is 13.2 Å². The largest absolute Gasteiger partial charge is 0.416 e. The highest BCUT2D eigenvalue weighted by molar-refractivity contribution is 5.89. The maximum absolute atomic E-state index is 12.7. The second kappa shape index (κ2) is 8.33. The first kappa shape index (κ1) is 19.7. The van der Waals surface area contributed by atoms with Crippen molar-refractivity contribution in [1.82, 2.24) is 10.3 Å². The van der Waals surface area contributed by atoms with Crippen LogP contribution >= 0.6 is 0 Å². The van der Waals surface area contributed by atoms with Gasteiger partial charge in [-0.05, 0) is 30.2 Å². The number of carbonyl (C=O) groups excluding carboxylic acids is 2. The molecule has 1 fully saturated rings. The van der Waals surface area contributed by atoms with Gasteiger partial charge in [-0.1, -0.05) is 36.4 Å². The molecule has 0 bridgehead atoms. The van der Waals surface area contributed by atoms with Crippen molar-refractivity contribution in [2.75, 3.05) is 18.5 Å². The minimum Gasteiger partial charge on any atom is -0.342 e. The third kappa shape index (κ3) is 5.03. The predicted octanol–water partition coefficient (Wildman–Crippen LogP) is 3.24. The topological polar surface area (TPSA) is 61.4 Å². The summed E-state index contributed by atoms with van der Waals surface area (Å²) in [5.74, 6) is -1.07. The first-order valence-corrected chi connectivity index (χ1v) is 8.88. The molecule has 1 heterocycles. The molecule has 0 saturated carbocycles. The summed E-state index contributed by atoms with van der Waals surface area (Å²) >= 11 is 0. The van der Waals surface area contributed by atoms with Crippen LogP contribution in [0.15, 0.2) is 54.6 Å². The van der Waals surface area contributed by atoms with Crippen molar-refractivity contribution in [2.24, 2.45) is 5.92 Å². The molecule has 1 aliphatic heterocycles. The van der Waals surface area contributed by atoms with E-state index in [0.29, 0.717) is 19.5 Å². The van der Waals surface area contributed by atoms with Crippen LogP contribution < -0.4 is 10.9 Å². The highest BCUT2D eigenvalue weighted by atomic mass is 19.4. The monoisotopic (exact) mass is 391 g/mol. The Morgan fingerprint density at radius 2 is 1.86 bits per heavy atom. The number of benzene rings is 2. The van der Waals surface area contributed by atoms with Gasteiger partial charge in [0.2, 0.25) is 11.8 Å². The first-order valence-electron chi connectivity index (χ1n) is 8.88. The van der Waals surface area contributed by atoms with Crippen molar-refractivity contribution in [3.8, 4) is 0 Å². The van der Waals surface area contributed by atoms with Gasteiger partial charge in [-0.25, -0.2) is 0 Å². The summed E-state index contributed by atoms with van der Waals surface area (Å²) in [6.07, 6.45) is -3.67. The van der Waals surface area contributed by atoms with Gasteiger partial charge in [0, 0.05) is 19.5 Å². The van der Waals surface area contributed by atoms with Gasteiger partial charge in [-0.3, -0.25) is 20.4 Å². The van der Waals surface area contributed by atoms with Crippen molar-refractivity contribution in [1.29, 1.82) is 0 Å². The molecule has 0 unspecified atom stereocenters. The zero-order chi connectivity index (χ0) is 20.1. The van der Waals surface area contributed by atoms with E-state index in [-0.39, 0.29) is 18.0 Å². The number of carbonyl (C=O) groups is 2. The third-order valence-electron chi connectivity index (χ3n) is 4.62. The van der Waals surface area contributed by atoms with Crippen LogP contribution in [0.5, 0.6) is 0 Å². The second-order valence-electron chi connectivity index (χ2n) is 6.67. The van der Waals surface area contributed by atoms with Crippen LogP contribution in [-0.2, 0) is 22.2 Å². The van der Waals surface area contributed by atoms with Gasteiger partial charge in [0.15, 0.2) is 0 Å². The summed E-state index contributed by atoms with van der Waals surface area (Å²) < 4.78 is 38.2. The average Bonchev–Trinajstić information content (AvgIpc) is 3.05. The number of alkyl halides is 3. The molecule has 2 amide bonds. The van der Waals surface area contributed by atoms with Crippen LogP contribution in [-0.4, -0.2) is 29.8 Å².